The van der Waals surface area contributed by atoms with Gasteiger partial charge in [0.05, 0.1) is 17.2 Å². The van der Waals surface area contributed by atoms with Crippen LogP contribution in [0, 0.1) is 5.41 Å². The number of hydrogen-bond donors (Lipinski definition) is 7. The molecular formula is C18H30Cl2N10O4. The number of anilines is 2. The minimum Gasteiger partial charge on any atom is -0.412 e. The van der Waals surface area contributed by atoms with E-state index < -0.39 is 11.8 Å². The van der Waals surface area contributed by atoms with E-state index in [1.165, 1.54) is 12.1 Å². The summed E-state index contributed by atoms with van der Waals surface area (Å²) in [6, 6.07) is 3.03. The van der Waals surface area contributed by atoms with Crippen LogP contribution >= 0.6 is 24.8 Å². The van der Waals surface area contributed by atoms with Crippen LogP contribution in [0.25, 0.3) is 0 Å². The van der Waals surface area contributed by atoms with Gasteiger partial charge in [0.15, 0.2) is 5.96 Å². The Balaban J connectivity index is 0. The Morgan fingerprint density at radius 1 is 0.941 bits per heavy atom. The molecule has 16 heteroatoms. The van der Waals surface area contributed by atoms with Crippen molar-refractivity contribution >= 4 is 65.7 Å². The number of aromatic nitrogens is 2. The first kappa shape index (κ1) is 32.4. The molecule has 2 aromatic heterocycles. The number of nitrogens with two attached hydrogens (primary N) is 3. The van der Waals surface area contributed by atoms with Crippen LogP contribution in [0.1, 0.15) is 27.4 Å². The fourth-order valence-corrected chi connectivity index (χ4v) is 2.68. The standard InChI is InChI=1S/C18H26N10O3.2ClH.H2O/c1-27-9-11(6-12(27)16(30)23-4-3-14(19)20)26-17(31)13-5-10(8-28(13)2)25-15(29)7-24-18(21)22;;;/h5-6,8-9H,3-4,7H2,1-2H3,(H3,19,20)(H,23,30)(H,25,29)(H,26,31)(H4,21,22,24);2*1H;1H2. The molecule has 12 N–H and O–H groups in total. The Bertz CT molecular complexity index is 1040. The molecule has 34 heavy (non-hydrogen) atoms. The predicted molar refractivity (Wildman–Crippen MR) is 135 cm³/mol. The first-order chi connectivity index (χ1) is 14.6. The minimum atomic E-state index is -0.436. The number of nitrogens with zero attached hydrogens (tertiary/aromatic N) is 3. The van der Waals surface area contributed by atoms with E-state index in [1.807, 2.05) is 0 Å². The van der Waals surface area contributed by atoms with Gasteiger partial charge in [-0.25, -0.2) is 4.99 Å². The monoisotopic (exact) mass is 520 g/mol. The summed E-state index contributed by atoms with van der Waals surface area (Å²) in [6.45, 7) is 0.00208. The van der Waals surface area contributed by atoms with E-state index in [9.17, 15) is 14.4 Å². The molecule has 0 unspecified atom stereocenters. The lowest BCUT2D eigenvalue weighted by Crippen LogP contribution is -2.28. The molecule has 190 valence electrons. The average Bonchev–Trinajstić information content (AvgIpc) is 3.21. The van der Waals surface area contributed by atoms with Crippen molar-refractivity contribution in [3.63, 3.8) is 0 Å². The number of aliphatic imine (C=N–C) groups is 1. The third-order valence-electron chi connectivity index (χ3n) is 4.10. The largest absolute Gasteiger partial charge is 0.412 e. The van der Waals surface area contributed by atoms with Gasteiger partial charge in [-0.2, -0.15) is 0 Å². The van der Waals surface area contributed by atoms with Gasteiger partial charge in [0.2, 0.25) is 5.91 Å². The first-order valence-electron chi connectivity index (χ1n) is 9.17. The van der Waals surface area contributed by atoms with Crippen molar-refractivity contribution in [3.05, 3.63) is 35.9 Å². The lowest BCUT2D eigenvalue weighted by atomic mass is 10.3. The highest BCUT2D eigenvalue weighted by Gasteiger charge is 2.17. The van der Waals surface area contributed by atoms with Crippen molar-refractivity contribution in [1.82, 2.24) is 14.5 Å². The number of carbonyl (C=O) groups is 3. The van der Waals surface area contributed by atoms with Gasteiger partial charge >= 0.3 is 0 Å². The van der Waals surface area contributed by atoms with Gasteiger partial charge in [0.1, 0.15) is 17.9 Å². The predicted octanol–water partition coefficient (Wildman–Crippen LogP) is -1.10. The maximum absolute atomic E-state index is 12.6. The van der Waals surface area contributed by atoms with Gasteiger partial charge in [-0.1, -0.05) is 0 Å². The molecule has 2 heterocycles. The number of rotatable bonds is 9. The number of nitrogens with one attached hydrogen (secondary N) is 4. The minimum absolute atomic E-state index is 0. The van der Waals surface area contributed by atoms with Crippen molar-refractivity contribution < 1.29 is 19.9 Å². The van der Waals surface area contributed by atoms with Gasteiger partial charge in [-0.3, -0.25) is 19.8 Å². The average molecular weight is 521 g/mol. The number of halogens is 2. The van der Waals surface area contributed by atoms with Crippen LogP contribution in [0.15, 0.2) is 29.5 Å². The molecule has 0 aliphatic heterocycles. The van der Waals surface area contributed by atoms with Crippen molar-refractivity contribution in [2.24, 2.45) is 36.3 Å². The molecule has 0 atom stereocenters. The highest BCUT2D eigenvalue weighted by molar-refractivity contribution is 6.05. The molecule has 0 aromatic carbocycles. The number of carbonyl (C=O) groups excluding carboxylic acids is 3. The molecule has 0 radical (unpaired) electrons. The zero-order valence-electron chi connectivity index (χ0n) is 18.5. The molecule has 0 saturated heterocycles. The second-order valence-corrected chi connectivity index (χ2v) is 6.72. The zero-order chi connectivity index (χ0) is 23.1. The molecule has 0 spiro atoms. The molecule has 2 aromatic rings. The van der Waals surface area contributed by atoms with E-state index in [1.54, 1.807) is 35.6 Å². The topological polar surface area (TPSA) is 243 Å². The Morgan fingerprint density at radius 2 is 1.44 bits per heavy atom. The fourth-order valence-electron chi connectivity index (χ4n) is 2.68. The summed E-state index contributed by atoms with van der Waals surface area (Å²) < 4.78 is 3.11. The lowest BCUT2D eigenvalue weighted by Gasteiger charge is -2.04. The highest BCUT2D eigenvalue weighted by atomic mass is 35.5. The number of hydrogen-bond acceptors (Lipinski definition) is 5. The van der Waals surface area contributed by atoms with E-state index in [0.717, 1.165) is 0 Å². The number of aryl methyl sites for hydroxylation is 2. The van der Waals surface area contributed by atoms with E-state index in [0.29, 0.717) is 17.1 Å². The summed E-state index contributed by atoms with van der Waals surface area (Å²) in [5, 5.41) is 15.1. The third-order valence-corrected chi connectivity index (χ3v) is 4.10. The van der Waals surface area contributed by atoms with E-state index in [2.05, 4.69) is 20.9 Å². The molecular weight excluding hydrogens is 491 g/mol. The highest BCUT2D eigenvalue weighted by Crippen LogP contribution is 2.17. The van der Waals surface area contributed by atoms with Crippen LogP contribution < -0.4 is 33.2 Å². The van der Waals surface area contributed by atoms with Crippen molar-refractivity contribution in [1.29, 1.82) is 5.41 Å². The molecule has 0 aliphatic carbocycles. The number of amidine groups is 1. The SMILES string of the molecule is Cl.Cl.Cn1cc(NC(=O)c2cc(NC(=O)CN=C(N)N)cn2C)cc1C(=O)NCCC(=N)N.O. The van der Waals surface area contributed by atoms with Crippen molar-refractivity contribution in [3.8, 4) is 0 Å². The molecule has 0 bridgehead atoms. The van der Waals surface area contributed by atoms with E-state index in [4.69, 9.17) is 22.6 Å². The summed E-state index contributed by atoms with van der Waals surface area (Å²) in [5.74, 6) is -1.43. The second-order valence-electron chi connectivity index (χ2n) is 6.72. The Labute approximate surface area is 207 Å². The molecule has 2 rings (SSSR count). The molecule has 0 saturated carbocycles. The third kappa shape index (κ3) is 9.40. The number of amides is 3. The van der Waals surface area contributed by atoms with Crippen molar-refractivity contribution in [2.75, 3.05) is 23.7 Å². The smallest absolute Gasteiger partial charge is 0.272 e. The van der Waals surface area contributed by atoms with Crippen LogP contribution in [-0.4, -0.2) is 57.2 Å². The van der Waals surface area contributed by atoms with Crippen LogP contribution in [0.2, 0.25) is 0 Å². The van der Waals surface area contributed by atoms with Crippen LogP contribution in [0.4, 0.5) is 11.4 Å². The van der Waals surface area contributed by atoms with Gasteiger partial charge in [0, 0.05) is 39.5 Å². The second kappa shape index (κ2) is 14.4. The number of guanidine groups is 1. The lowest BCUT2D eigenvalue weighted by molar-refractivity contribution is -0.114. The fraction of sp³-hybridized carbons (Fsp3) is 0.278. The molecule has 14 nitrogen and oxygen atoms in total. The summed E-state index contributed by atoms with van der Waals surface area (Å²) in [6.07, 6.45) is 3.41. The summed E-state index contributed by atoms with van der Waals surface area (Å²) in [4.78, 5) is 40.3. The maximum atomic E-state index is 12.6. The Morgan fingerprint density at radius 3 is 1.94 bits per heavy atom. The quantitative estimate of drug-likeness (QED) is 0.159. The van der Waals surface area contributed by atoms with Gasteiger partial charge in [0.25, 0.3) is 11.8 Å². The summed E-state index contributed by atoms with van der Waals surface area (Å²) in [7, 11) is 3.32. The Hall–Kier alpha value is -3.75. The zero-order valence-corrected chi connectivity index (χ0v) is 20.2. The summed E-state index contributed by atoms with van der Waals surface area (Å²) >= 11 is 0. The van der Waals surface area contributed by atoms with E-state index >= 15 is 0 Å². The first-order valence-corrected chi connectivity index (χ1v) is 9.17. The van der Waals surface area contributed by atoms with Gasteiger partial charge in [-0.15, -0.1) is 24.8 Å². The molecule has 3 amide bonds. The van der Waals surface area contributed by atoms with Crippen molar-refractivity contribution in [2.45, 2.75) is 6.42 Å². The van der Waals surface area contributed by atoms with Crippen LogP contribution in [0.3, 0.4) is 0 Å². The van der Waals surface area contributed by atoms with Gasteiger partial charge < -0.3 is 47.8 Å². The normalized spacial score (nSPS) is 9.35. The van der Waals surface area contributed by atoms with Gasteiger partial charge in [-0.05, 0) is 12.1 Å². The maximum Gasteiger partial charge on any atom is 0.272 e. The Kier molecular flexibility index (Phi) is 13.7. The van der Waals surface area contributed by atoms with Crippen LogP contribution in [-0.2, 0) is 18.9 Å². The molecule has 0 fully saturated rings. The summed E-state index contributed by atoms with van der Waals surface area (Å²) in [5.41, 5.74) is 17.1. The molecule has 0 aliphatic rings. The van der Waals surface area contributed by atoms with E-state index in [-0.39, 0.29) is 73.2 Å². The van der Waals surface area contributed by atoms with Crippen LogP contribution in [0.5, 0.6) is 0 Å².